The fourth-order valence-corrected chi connectivity index (χ4v) is 2.63. The molecule has 0 aromatic heterocycles. The molecule has 1 saturated heterocycles. The second-order valence-corrected chi connectivity index (χ2v) is 5.80. The quantitative estimate of drug-likeness (QED) is 0.538. The summed E-state index contributed by atoms with van der Waals surface area (Å²) in [5, 5.41) is 4.30. The lowest BCUT2D eigenvalue weighted by atomic mass is 10.0. The summed E-state index contributed by atoms with van der Waals surface area (Å²) in [4.78, 5) is 24.3. The van der Waals surface area contributed by atoms with Gasteiger partial charge < -0.3 is 16.0 Å². The van der Waals surface area contributed by atoms with E-state index in [1.54, 1.807) is 24.3 Å². The number of rotatable bonds is 3. The van der Waals surface area contributed by atoms with Gasteiger partial charge in [-0.05, 0) is 18.6 Å². The van der Waals surface area contributed by atoms with Gasteiger partial charge in [0.25, 0.3) is 0 Å². The van der Waals surface area contributed by atoms with E-state index in [2.05, 4.69) is 5.32 Å². The van der Waals surface area contributed by atoms with E-state index in [1.807, 2.05) is 6.07 Å². The van der Waals surface area contributed by atoms with Crippen molar-refractivity contribution in [2.45, 2.75) is 25.1 Å². The second kappa shape index (κ2) is 7.56. The van der Waals surface area contributed by atoms with Gasteiger partial charge in [-0.2, -0.15) is 13.2 Å². The van der Waals surface area contributed by atoms with Crippen LogP contribution in [0, 0.1) is 0 Å². The number of carbonyl (C=O) groups is 2. The number of alkyl halides is 3. The normalized spacial score (nSPS) is 19.8. The van der Waals surface area contributed by atoms with Crippen molar-refractivity contribution in [2.75, 3.05) is 13.6 Å². The number of para-hydroxylation sites is 1. The van der Waals surface area contributed by atoms with Crippen molar-refractivity contribution < 1.29 is 28.1 Å². The predicted molar refractivity (Wildman–Crippen MR) is 84.1 cm³/mol. The minimum Gasteiger partial charge on any atom is -0.389 e. The Bertz CT molecular complexity index is 674. The summed E-state index contributed by atoms with van der Waals surface area (Å²) in [7, 11) is 1.11. The molecule has 1 aliphatic heterocycles. The van der Waals surface area contributed by atoms with Crippen LogP contribution in [0.1, 0.15) is 12.8 Å². The van der Waals surface area contributed by atoms with Crippen LogP contribution in [0.3, 0.4) is 0 Å². The Kier molecular flexibility index (Phi) is 5.68. The minimum atomic E-state index is -4.92. The van der Waals surface area contributed by atoms with Crippen molar-refractivity contribution in [1.82, 2.24) is 10.2 Å². The van der Waals surface area contributed by atoms with Gasteiger partial charge in [-0.1, -0.05) is 18.2 Å². The van der Waals surface area contributed by atoms with Gasteiger partial charge >= 0.3 is 18.0 Å². The van der Waals surface area contributed by atoms with E-state index in [4.69, 9.17) is 5.73 Å². The highest BCUT2D eigenvalue weighted by Crippen LogP contribution is 2.24. The van der Waals surface area contributed by atoms with Gasteiger partial charge in [0, 0.05) is 31.8 Å². The monoisotopic (exact) mass is 357 g/mol. The van der Waals surface area contributed by atoms with E-state index in [0.29, 0.717) is 29.2 Å². The van der Waals surface area contributed by atoms with Gasteiger partial charge in [-0.25, -0.2) is 10.1 Å². The summed E-state index contributed by atoms with van der Waals surface area (Å²) < 4.78 is 37.7. The number of hydrogen-bond acceptors (Lipinski definition) is 4. The van der Waals surface area contributed by atoms with E-state index >= 15 is 0 Å². The molecule has 1 aliphatic rings. The van der Waals surface area contributed by atoms with E-state index in [1.165, 1.54) is 5.32 Å². The Morgan fingerprint density at radius 1 is 1.28 bits per heavy atom. The van der Waals surface area contributed by atoms with Crippen LogP contribution in [0.15, 0.2) is 41.7 Å². The number of benzene rings is 1. The molecule has 0 bridgehead atoms. The van der Waals surface area contributed by atoms with E-state index in [-0.39, 0.29) is 12.1 Å². The first-order valence-electron chi connectivity index (χ1n) is 7.70. The molecule has 2 rings (SSSR count). The van der Waals surface area contributed by atoms with Crippen LogP contribution >= 0.6 is 0 Å². The molecule has 2 amide bonds. The average Bonchev–Trinajstić information content (AvgIpc) is 2.60. The Balaban J connectivity index is 2.09. The first kappa shape index (κ1) is 18.8. The summed E-state index contributed by atoms with van der Waals surface area (Å²) in [6, 6.07) is 8.16. The highest BCUT2D eigenvalue weighted by molar-refractivity contribution is 5.86. The van der Waals surface area contributed by atoms with Crippen LogP contribution in [0.4, 0.5) is 18.9 Å². The van der Waals surface area contributed by atoms with E-state index < -0.39 is 24.0 Å². The molecule has 0 spiro atoms. The number of piperidine rings is 1. The summed E-state index contributed by atoms with van der Waals surface area (Å²) in [6.07, 6.45) is -4.52. The first-order valence-corrected chi connectivity index (χ1v) is 7.70. The highest BCUT2D eigenvalue weighted by Gasteiger charge is 2.43. The number of amides is 2. The third-order valence-corrected chi connectivity index (χ3v) is 4.05. The molecule has 136 valence electrons. The Hall–Kier alpha value is -2.55. The van der Waals surface area contributed by atoms with Crippen molar-refractivity contribution in [3.63, 3.8) is 0 Å². The van der Waals surface area contributed by atoms with Crippen LogP contribution in [-0.4, -0.2) is 42.5 Å². The fourth-order valence-electron chi connectivity index (χ4n) is 2.63. The van der Waals surface area contributed by atoms with Crippen molar-refractivity contribution >= 4 is 17.5 Å². The number of carbonyl (C=O) groups excluding carboxylic acids is 2. The smallest absolute Gasteiger partial charge is 0.389 e. The zero-order chi connectivity index (χ0) is 18.6. The number of primary amides is 1. The van der Waals surface area contributed by atoms with Gasteiger partial charge in [0.1, 0.15) is 5.69 Å². The molecule has 25 heavy (non-hydrogen) atoms. The molecule has 5 N–H and O–H groups in total. The first-order chi connectivity index (χ1) is 11.7. The molecule has 0 aliphatic carbocycles. The zero-order valence-corrected chi connectivity index (χ0v) is 13.6. The topological polar surface area (TPSA) is 92.0 Å². The number of quaternary nitrogens is 1. The van der Waals surface area contributed by atoms with E-state index in [9.17, 15) is 22.8 Å². The number of hydrogen-bond donors (Lipinski definition) is 3. The lowest BCUT2D eigenvalue weighted by Gasteiger charge is -2.33. The number of nitrogens with one attached hydrogen (secondary N) is 1. The predicted octanol–water partition coefficient (Wildman–Crippen LogP) is 0.351. The van der Waals surface area contributed by atoms with E-state index in [0.717, 1.165) is 7.05 Å². The standard InChI is InChI=1S/C16H19F3N4O2/c1-23(15(25)16(17,18)19)11-7-8-21-12(9-11)13(20)14(24)22-10-5-3-2-4-6-10/h2-6,11,21H,7-9,20H2,1H3,(H,22,24)/p+1. The largest absolute Gasteiger partial charge is 0.471 e. The van der Waals surface area contributed by atoms with Crippen LogP contribution in [0.25, 0.3) is 0 Å². The Labute approximate surface area is 142 Å². The number of halogens is 3. The minimum absolute atomic E-state index is 0.0542. The van der Waals surface area contributed by atoms with Gasteiger partial charge in [0.05, 0.1) is 0 Å². The van der Waals surface area contributed by atoms with Crippen molar-refractivity contribution in [3.8, 4) is 0 Å². The maximum Gasteiger partial charge on any atom is 0.471 e. The Morgan fingerprint density at radius 2 is 1.92 bits per heavy atom. The third-order valence-electron chi connectivity index (χ3n) is 4.05. The van der Waals surface area contributed by atoms with Gasteiger partial charge in [-0.3, -0.25) is 4.79 Å². The molecule has 0 radical (unpaired) electrons. The second-order valence-electron chi connectivity index (χ2n) is 5.80. The SMILES string of the molecule is CN(C(=O)C(F)(F)F)C1CCNC(=C(N)C(=O)[NH2+]c2ccccc2)C1. The zero-order valence-electron chi connectivity index (χ0n) is 13.6. The molecule has 9 heteroatoms. The molecule has 1 unspecified atom stereocenters. The maximum atomic E-state index is 12.6. The summed E-state index contributed by atoms with van der Waals surface area (Å²) in [5.41, 5.74) is 6.85. The molecule has 1 aromatic rings. The van der Waals surface area contributed by atoms with Crippen molar-refractivity contribution in [1.29, 1.82) is 0 Å². The van der Waals surface area contributed by atoms with Gasteiger partial charge in [-0.15, -0.1) is 0 Å². The fraction of sp³-hybridized carbons (Fsp3) is 0.375. The molecule has 1 aromatic carbocycles. The molecular formula is C16H20F3N4O2+. The molecule has 0 saturated carbocycles. The summed E-state index contributed by atoms with van der Waals surface area (Å²) in [5.74, 6) is -2.33. The lowest BCUT2D eigenvalue weighted by molar-refractivity contribution is -0.479. The molecule has 1 heterocycles. The maximum absolute atomic E-state index is 12.6. The Morgan fingerprint density at radius 3 is 2.52 bits per heavy atom. The lowest BCUT2D eigenvalue weighted by Crippen LogP contribution is -2.83. The van der Waals surface area contributed by atoms with Crippen LogP contribution < -0.4 is 16.4 Å². The van der Waals surface area contributed by atoms with Crippen molar-refractivity contribution in [3.05, 3.63) is 41.7 Å². The summed E-state index contributed by atoms with van der Waals surface area (Å²) in [6.45, 7) is 0.328. The van der Waals surface area contributed by atoms with Crippen LogP contribution in [-0.2, 0) is 9.59 Å². The molecule has 1 fully saturated rings. The van der Waals surface area contributed by atoms with Gasteiger partial charge in [0.2, 0.25) is 0 Å². The molecular weight excluding hydrogens is 337 g/mol. The van der Waals surface area contributed by atoms with Crippen molar-refractivity contribution in [2.24, 2.45) is 5.73 Å². The third kappa shape index (κ3) is 4.72. The number of nitrogens with two attached hydrogens (primary N) is 2. The van der Waals surface area contributed by atoms with Crippen LogP contribution in [0.2, 0.25) is 0 Å². The highest BCUT2D eigenvalue weighted by atomic mass is 19.4. The van der Waals surface area contributed by atoms with Gasteiger partial charge in [0.15, 0.2) is 5.70 Å². The molecule has 1 atom stereocenters. The average molecular weight is 357 g/mol. The van der Waals surface area contributed by atoms with Crippen LogP contribution in [0.5, 0.6) is 0 Å². The number of nitrogens with zero attached hydrogens (tertiary/aromatic N) is 1. The molecule has 6 nitrogen and oxygen atoms in total. The summed E-state index contributed by atoms with van der Waals surface area (Å²) >= 11 is 0.